The standard InChI is InChI=1S/C18H19N3O2S/c1-11-9-15-17(24-11)20-13(3)21(18(15)23)10-16(22)19-12(2)14-7-5-4-6-8-14/h4-9,12H,10H2,1-3H3,(H,19,22). The molecule has 0 saturated heterocycles. The van der Waals surface area contributed by atoms with Gasteiger partial charge in [-0.2, -0.15) is 0 Å². The molecule has 1 atom stereocenters. The summed E-state index contributed by atoms with van der Waals surface area (Å²) in [6, 6.07) is 11.4. The zero-order valence-electron chi connectivity index (χ0n) is 13.9. The van der Waals surface area contributed by atoms with Crippen molar-refractivity contribution < 1.29 is 4.79 Å². The zero-order chi connectivity index (χ0) is 17.3. The molecule has 0 aliphatic carbocycles. The summed E-state index contributed by atoms with van der Waals surface area (Å²) in [5, 5.41) is 3.50. The fraction of sp³-hybridized carbons (Fsp3) is 0.278. The summed E-state index contributed by atoms with van der Waals surface area (Å²) in [6.45, 7) is 5.59. The maximum atomic E-state index is 12.6. The summed E-state index contributed by atoms with van der Waals surface area (Å²) in [6.07, 6.45) is 0. The Hall–Kier alpha value is -2.47. The fourth-order valence-electron chi connectivity index (χ4n) is 2.68. The van der Waals surface area contributed by atoms with Crippen molar-refractivity contribution in [3.05, 3.63) is 63.0 Å². The summed E-state index contributed by atoms with van der Waals surface area (Å²) in [7, 11) is 0. The molecule has 0 bridgehead atoms. The molecular weight excluding hydrogens is 322 g/mol. The van der Waals surface area contributed by atoms with E-state index < -0.39 is 0 Å². The van der Waals surface area contributed by atoms with Crippen molar-refractivity contribution in [1.29, 1.82) is 0 Å². The molecule has 3 rings (SSSR count). The van der Waals surface area contributed by atoms with Gasteiger partial charge in [-0.05, 0) is 32.4 Å². The minimum absolute atomic E-state index is 0.0281. The minimum atomic E-state index is -0.204. The molecule has 1 amide bonds. The predicted molar refractivity (Wildman–Crippen MR) is 96.4 cm³/mol. The quantitative estimate of drug-likeness (QED) is 0.793. The summed E-state index contributed by atoms with van der Waals surface area (Å²) < 4.78 is 1.43. The highest BCUT2D eigenvalue weighted by Gasteiger charge is 2.15. The number of aryl methyl sites for hydroxylation is 2. The molecule has 0 spiro atoms. The number of hydrogen-bond acceptors (Lipinski definition) is 4. The molecular formula is C18H19N3O2S. The molecule has 0 fully saturated rings. The molecule has 3 aromatic rings. The number of thiophene rings is 1. The van der Waals surface area contributed by atoms with Gasteiger partial charge in [0.25, 0.3) is 5.56 Å². The van der Waals surface area contributed by atoms with E-state index >= 15 is 0 Å². The number of nitrogens with one attached hydrogen (secondary N) is 1. The number of rotatable bonds is 4. The monoisotopic (exact) mass is 341 g/mol. The van der Waals surface area contributed by atoms with Crippen molar-refractivity contribution in [3.63, 3.8) is 0 Å². The van der Waals surface area contributed by atoms with E-state index in [-0.39, 0.29) is 24.1 Å². The second kappa shape index (κ2) is 6.57. The Kier molecular flexibility index (Phi) is 4.49. The SMILES string of the molecule is Cc1cc2c(=O)n(CC(=O)NC(C)c3ccccc3)c(C)nc2s1. The molecule has 0 aliphatic heterocycles. The first kappa shape index (κ1) is 16.4. The van der Waals surface area contributed by atoms with E-state index in [1.54, 1.807) is 6.92 Å². The second-order valence-electron chi connectivity index (χ2n) is 5.83. The van der Waals surface area contributed by atoms with Gasteiger partial charge in [-0.1, -0.05) is 30.3 Å². The molecule has 5 nitrogen and oxygen atoms in total. The van der Waals surface area contributed by atoms with E-state index in [0.717, 1.165) is 15.3 Å². The summed E-state index contributed by atoms with van der Waals surface area (Å²) >= 11 is 1.49. The van der Waals surface area contributed by atoms with Gasteiger partial charge in [0.05, 0.1) is 11.4 Å². The Morgan fingerprint density at radius 3 is 2.71 bits per heavy atom. The maximum absolute atomic E-state index is 12.6. The lowest BCUT2D eigenvalue weighted by Crippen LogP contribution is -2.35. The molecule has 2 aromatic heterocycles. The molecule has 124 valence electrons. The van der Waals surface area contributed by atoms with E-state index in [1.807, 2.05) is 50.2 Å². The average Bonchev–Trinajstić information content (AvgIpc) is 2.92. The normalized spacial score (nSPS) is 12.3. The van der Waals surface area contributed by atoms with Crippen molar-refractivity contribution in [2.45, 2.75) is 33.4 Å². The molecule has 1 aromatic carbocycles. The summed E-state index contributed by atoms with van der Waals surface area (Å²) in [5.74, 6) is 0.349. The minimum Gasteiger partial charge on any atom is -0.348 e. The highest BCUT2D eigenvalue weighted by atomic mass is 32.1. The van der Waals surface area contributed by atoms with Crippen LogP contribution in [0, 0.1) is 13.8 Å². The lowest BCUT2D eigenvalue weighted by molar-refractivity contribution is -0.122. The van der Waals surface area contributed by atoms with Gasteiger partial charge >= 0.3 is 0 Å². The second-order valence-corrected chi connectivity index (χ2v) is 7.06. The van der Waals surface area contributed by atoms with Crippen LogP contribution in [0.2, 0.25) is 0 Å². The van der Waals surface area contributed by atoms with Crippen molar-refractivity contribution >= 4 is 27.5 Å². The number of nitrogens with zero attached hydrogens (tertiary/aromatic N) is 2. The molecule has 0 aliphatic rings. The number of fused-ring (bicyclic) bond motifs is 1. The fourth-order valence-corrected chi connectivity index (χ4v) is 3.60. The highest BCUT2D eigenvalue weighted by Crippen LogP contribution is 2.20. The van der Waals surface area contributed by atoms with E-state index in [1.165, 1.54) is 15.9 Å². The van der Waals surface area contributed by atoms with Crippen LogP contribution in [0.3, 0.4) is 0 Å². The van der Waals surface area contributed by atoms with Crippen molar-refractivity contribution in [3.8, 4) is 0 Å². The average molecular weight is 341 g/mol. The molecule has 1 N–H and O–H groups in total. The van der Waals surface area contributed by atoms with Crippen molar-refractivity contribution in [2.75, 3.05) is 0 Å². The Morgan fingerprint density at radius 2 is 2.00 bits per heavy atom. The number of benzene rings is 1. The number of amides is 1. The van der Waals surface area contributed by atoms with Crippen molar-refractivity contribution in [2.24, 2.45) is 0 Å². The Bertz CT molecular complexity index is 944. The topological polar surface area (TPSA) is 64.0 Å². The van der Waals surface area contributed by atoms with E-state index in [4.69, 9.17) is 0 Å². The largest absolute Gasteiger partial charge is 0.348 e. The van der Waals surface area contributed by atoms with Crippen LogP contribution in [0.15, 0.2) is 41.2 Å². The first-order chi connectivity index (χ1) is 11.5. The van der Waals surface area contributed by atoms with Crippen LogP contribution in [0.25, 0.3) is 10.2 Å². The zero-order valence-corrected chi connectivity index (χ0v) is 14.7. The molecule has 2 heterocycles. The Balaban J connectivity index is 1.82. The van der Waals surface area contributed by atoms with Crippen LogP contribution >= 0.6 is 11.3 Å². The molecule has 0 saturated carbocycles. The first-order valence-corrected chi connectivity index (χ1v) is 8.59. The van der Waals surface area contributed by atoms with Crippen molar-refractivity contribution in [1.82, 2.24) is 14.9 Å². The van der Waals surface area contributed by atoms with Crippen LogP contribution in [0.5, 0.6) is 0 Å². The first-order valence-electron chi connectivity index (χ1n) is 7.77. The lowest BCUT2D eigenvalue weighted by atomic mass is 10.1. The molecule has 6 heteroatoms. The third-order valence-electron chi connectivity index (χ3n) is 3.94. The third-order valence-corrected chi connectivity index (χ3v) is 4.89. The Labute approximate surface area is 144 Å². The number of hydrogen-bond donors (Lipinski definition) is 1. The van der Waals surface area contributed by atoms with Gasteiger partial charge in [0.2, 0.25) is 5.91 Å². The van der Waals surface area contributed by atoms with Gasteiger partial charge in [-0.15, -0.1) is 11.3 Å². The number of carbonyl (C=O) groups is 1. The van der Waals surface area contributed by atoms with E-state index in [2.05, 4.69) is 10.3 Å². The molecule has 1 unspecified atom stereocenters. The van der Waals surface area contributed by atoms with E-state index in [9.17, 15) is 9.59 Å². The van der Waals surface area contributed by atoms with Gasteiger partial charge in [0, 0.05) is 4.88 Å². The molecule has 0 radical (unpaired) electrons. The van der Waals surface area contributed by atoms with Crippen LogP contribution in [-0.4, -0.2) is 15.5 Å². The number of carbonyl (C=O) groups excluding carboxylic acids is 1. The maximum Gasteiger partial charge on any atom is 0.262 e. The van der Waals surface area contributed by atoms with Crippen LogP contribution < -0.4 is 10.9 Å². The van der Waals surface area contributed by atoms with Gasteiger partial charge in [-0.3, -0.25) is 14.2 Å². The third kappa shape index (κ3) is 3.23. The summed E-state index contributed by atoms with van der Waals surface area (Å²) in [5.41, 5.74) is 0.862. The van der Waals surface area contributed by atoms with Crippen LogP contribution in [0.4, 0.5) is 0 Å². The van der Waals surface area contributed by atoms with Crippen LogP contribution in [0.1, 0.15) is 29.2 Å². The van der Waals surface area contributed by atoms with Gasteiger partial charge in [-0.25, -0.2) is 4.98 Å². The predicted octanol–water partition coefficient (Wildman–Crippen LogP) is 2.95. The van der Waals surface area contributed by atoms with E-state index in [0.29, 0.717) is 11.2 Å². The number of aromatic nitrogens is 2. The van der Waals surface area contributed by atoms with Gasteiger partial charge < -0.3 is 5.32 Å². The highest BCUT2D eigenvalue weighted by molar-refractivity contribution is 7.18. The molecule has 24 heavy (non-hydrogen) atoms. The summed E-state index contributed by atoms with van der Waals surface area (Å²) in [4.78, 5) is 31.2. The smallest absolute Gasteiger partial charge is 0.262 e. The van der Waals surface area contributed by atoms with Gasteiger partial charge in [0.15, 0.2) is 0 Å². The Morgan fingerprint density at radius 1 is 1.29 bits per heavy atom. The lowest BCUT2D eigenvalue weighted by Gasteiger charge is -2.15. The van der Waals surface area contributed by atoms with Gasteiger partial charge in [0.1, 0.15) is 17.2 Å². The van der Waals surface area contributed by atoms with Crippen LogP contribution in [-0.2, 0) is 11.3 Å².